The quantitative estimate of drug-likeness (QED) is 0.567. The van der Waals surface area contributed by atoms with E-state index < -0.39 is 0 Å². The topological polar surface area (TPSA) is 20.2 Å². The van der Waals surface area contributed by atoms with Gasteiger partial charge in [-0.1, -0.05) is 26.2 Å². The predicted octanol–water partition coefficient (Wildman–Crippen LogP) is 2.19. The Labute approximate surface area is 68.8 Å². The molecule has 1 nitrogen and oxygen atoms in total. The predicted molar refractivity (Wildman–Crippen MR) is 45.2 cm³/mol. The fourth-order valence-electron chi connectivity index (χ4n) is 2.77. The summed E-state index contributed by atoms with van der Waals surface area (Å²) in [5.41, 5.74) is 0. The van der Waals surface area contributed by atoms with E-state index in [0.29, 0.717) is 5.92 Å². The van der Waals surface area contributed by atoms with Crippen LogP contribution in [0.5, 0.6) is 0 Å². The van der Waals surface area contributed by atoms with Gasteiger partial charge in [-0.3, -0.25) is 0 Å². The van der Waals surface area contributed by atoms with Crippen LogP contribution in [0.4, 0.5) is 0 Å². The van der Waals surface area contributed by atoms with Crippen molar-refractivity contribution in [1.82, 2.24) is 0 Å². The molecule has 0 aromatic rings. The molecular weight excluding hydrogens is 136 g/mol. The van der Waals surface area contributed by atoms with Crippen molar-refractivity contribution in [2.24, 2.45) is 17.8 Å². The highest BCUT2D eigenvalue weighted by Gasteiger charge is 2.49. The van der Waals surface area contributed by atoms with E-state index in [1.54, 1.807) is 0 Å². The van der Waals surface area contributed by atoms with Crippen LogP contribution in [0, 0.1) is 17.8 Å². The maximum absolute atomic E-state index is 9.69. The molecule has 2 aliphatic carbocycles. The summed E-state index contributed by atoms with van der Waals surface area (Å²) in [6, 6.07) is 0. The van der Waals surface area contributed by atoms with Crippen molar-refractivity contribution >= 4 is 0 Å². The van der Waals surface area contributed by atoms with Crippen LogP contribution in [0.3, 0.4) is 0 Å². The molecule has 0 spiro atoms. The molecule has 0 aromatic heterocycles. The van der Waals surface area contributed by atoms with Gasteiger partial charge in [-0.2, -0.15) is 0 Å². The second-order valence-corrected chi connectivity index (χ2v) is 4.31. The lowest BCUT2D eigenvalue weighted by molar-refractivity contribution is 0.123. The standard InChI is InChI=1S/C10H18O/c1-7-8-5-3-2-4-6-9(11)10(7)8/h7-11H,2-6H2,1H3/t7-,8+,9-,10-/m1/s1. The third-order valence-corrected chi connectivity index (χ3v) is 3.62. The van der Waals surface area contributed by atoms with Crippen LogP contribution in [-0.2, 0) is 0 Å². The zero-order valence-corrected chi connectivity index (χ0v) is 7.29. The van der Waals surface area contributed by atoms with Gasteiger partial charge in [0.1, 0.15) is 0 Å². The largest absolute Gasteiger partial charge is 0.393 e. The summed E-state index contributed by atoms with van der Waals surface area (Å²) in [6.07, 6.45) is 6.46. The third-order valence-electron chi connectivity index (χ3n) is 3.62. The number of rotatable bonds is 0. The first kappa shape index (κ1) is 7.60. The zero-order chi connectivity index (χ0) is 7.84. The van der Waals surface area contributed by atoms with Gasteiger partial charge in [0.2, 0.25) is 0 Å². The van der Waals surface area contributed by atoms with Crippen molar-refractivity contribution in [2.45, 2.75) is 45.1 Å². The first-order valence-electron chi connectivity index (χ1n) is 4.99. The second kappa shape index (κ2) is 2.78. The molecule has 64 valence electrons. The van der Waals surface area contributed by atoms with Gasteiger partial charge in [0, 0.05) is 0 Å². The summed E-state index contributed by atoms with van der Waals surface area (Å²) in [7, 11) is 0. The van der Waals surface area contributed by atoms with Crippen LogP contribution in [0.25, 0.3) is 0 Å². The Balaban J connectivity index is 1.94. The molecule has 0 bridgehead atoms. The van der Waals surface area contributed by atoms with Gasteiger partial charge in [0.25, 0.3) is 0 Å². The van der Waals surface area contributed by atoms with Crippen molar-refractivity contribution in [1.29, 1.82) is 0 Å². The van der Waals surface area contributed by atoms with Crippen molar-refractivity contribution in [3.05, 3.63) is 0 Å². The van der Waals surface area contributed by atoms with Crippen LogP contribution in [0.1, 0.15) is 39.0 Å². The fourth-order valence-corrected chi connectivity index (χ4v) is 2.77. The van der Waals surface area contributed by atoms with E-state index in [-0.39, 0.29) is 6.10 Å². The Morgan fingerprint density at radius 2 is 1.82 bits per heavy atom. The SMILES string of the molecule is C[C@@H]1[C@@H]2CCCCC[C@@H](O)[C@H]12. The van der Waals surface area contributed by atoms with Crippen LogP contribution in [-0.4, -0.2) is 11.2 Å². The van der Waals surface area contributed by atoms with E-state index >= 15 is 0 Å². The van der Waals surface area contributed by atoms with Gasteiger partial charge in [-0.25, -0.2) is 0 Å². The van der Waals surface area contributed by atoms with E-state index in [0.717, 1.165) is 18.3 Å². The zero-order valence-electron chi connectivity index (χ0n) is 7.29. The molecule has 0 saturated heterocycles. The molecule has 0 aromatic carbocycles. The fraction of sp³-hybridized carbons (Fsp3) is 1.00. The third kappa shape index (κ3) is 1.31. The van der Waals surface area contributed by atoms with Crippen LogP contribution >= 0.6 is 0 Å². The lowest BCUT2D eigenvalue weighted by Gasteiger charge is -2.12. The average molecular weight is 154 g/mol. The molecule has 2 saturated carbocycles. The summed E-state index contributed by atoms with van der Waals surface area (Å²) in [5.74, 6) is 2.38. The van der Waals surface area contributed by atoms with Gasteiger partial charge in [0.05, 0.1) is 6.10 Å². The molecule has 0 unspecified atom stereocenters. The molecule has 2 fully saturated rings. The minimum atomic E-state index is 0.0373. The number of aliphatic hydroxyl groups excluding tert-OH is 1. The first-order valence-corrected chi connectivity index (χ1v) is 4.99. The van der Waals surface area contributed by atoms with E-state index in [1.165, 1.54) is 25.7 Å². The summed E-state index contributed by atoms with van der Waals surface area (Å²) in [4.78, 5) is 0. The molecule has 2 rings (SSSR count). The molecule has 0 radical (unpaired) electrons. The molecular formula is C10H18O. The normalized spacial score (nSPS) is 50.7. The molecule has 2 aliphatic rings. The average Bonchev–Trinajstić information content (AvgIpc) is 2.55. The summed E-state index contributed by atoms with van der Waals surface area (Å²) >= 11 is 0. The van der Waals surface area contributed by atoms with Crippen LogP contribution < -0.4 is 0 Å². The van der Waals surface area contributed by atoms with E-state index in [9.17, 15) is 5.11 Å². The lowest BCUT2D eigenvalue weighted by Crippen LogP contribution is -2.12. The van der Waals surface area contributed by atoms with E-state index in [2.05, 4.69) is 6.92 Å². The van der Waals surface area contributed by atoms with E-state index in [4.69, 9.17) is 0 Å². The lowest BCUT2D eigenvalue weighted by atomic mass is 9.99. The maximum Gasteiger partial charge on any atom is 0.0573 e. The molecule has 1 heteroatoms. The first-order chi connectivity index (χ1) is 5.30. The highest BCUT2D eigenvalue weighted by molar-refractivity contribution is 4.98. The van der Waals surface area contributed by atoms with Crippen LogP contribution in [0.15, 0.2) is 0 Å². The number of hydrogen-bond donors (Lipinski definition) is 1. The van der Waals surface area contributed by atoms with Crippen molar-refractivity contribution in [3.63, 3.8) is 0 Å². The van der Waals surface area contributed by atoms with Crippen molar-refractivity contribution in [3.8, 4) is 0 Å². The van der Waals surface area contributed by atoms with Gasteiger partial charge < -0.3 is 5.11 Å². The Morgan fingerprint density at radius 1 is 1.09 bits per heavy atom. The maximum atomic E-state index is 9.69. The van der Waals surface area contributed by atoms with E-state index in [1.807, 2.05) is 0 Å². The molecule has 1 N–H and O–H groups in total. The number of hydrogen-bond acceptors (Lipinski definition) is 1. The van der Waals surface area contributed by atoms with Gasteiger partial charge in [0.15, 0.2) is 0 Å². The Hall–Kier alpha value is -0.0400. The highest BCUT2D eigenvalue weighted by atomic mass is 16.3. The molecule has 0 aliphatic heterocycles. The molecule has 11 heavy (non-hydrogen) atoms. The van der Waals surface area contributed by atoms with Crippen molar-refractivity contribution < 1.29 is 5.11 Å². The molecule has 4 atom stereocenters. The minimum Gasteiger partial charge on any atom is -0.393 e. The summed E-state index contributed by atoms with van der Waals surface area (Å²) < 4.78 is 0. The Bertz CT molecular complexity index is 136. The Morgan fingerprint density at radius 3 is 2.64 bits per heavy atom. The van der Waals surface area contributed by atoms with Gasteiger partial charge in [-0.05, 0) is 30.6 Å². The number of aliphatic hydroxyl groups is 1. The minimum absolute atomic E-state index is 0.0373. The Kier molecular flexibility index (Phi) is 1.92. The molecule has 0 heterocycles. The number of fused-ring (bicyclic) bond motifs is 1. The van der Waals surface area contributed by atoms with Crippen molar-refractivity contribution in [2.75, 3.05) is 0 Å². The summed E-state index contributed by atoms with van der Waals surface area (Å²) in [5, 5.41) is 9.69. The molecule has 0 amide bonds. The van der Waals surface area contributed by atoms with Gasteiger partial charge >= 0.3 is 0 Å². The highest BCUT2D eigenvalue weighted by Crippen LogP contribution is 2.52. The monoisotopic (exact) mass is 154 g/mol. The van der Waals surface area contributed by atoms with Gasteiger partial charge in [-0.15, -0.1) is 0 Å². The van der Waals surface area contributed by atoms with Crippen LogP contribution in [0.2, 0.25) is 0 Å². The smallest absolute Gasteiger partial charge is 0.0573 e. The summed E-state index contributed by atoms with van der Waals surface area (Å²) in [6.45, 7) is 2.30. The second-order valence-electron chi connectivity index (χ2n) is 4.31.